The lowest BCUT2D eigenvalue weighted by Crippen LogP contribution is -2.46. The van der Waals surface area contributed by atoms with Crippen LogP contribution in [0.25, 0.3) is 0 Å². The molecule has 0 aromatic rings. The molecule has 0 aromatic heterocycles. The standard InChI is InChI=1S/C12H19NO/c1-10(2)9-4-5-11(10,3)12(14,8-9)6-7-13/h9,14H,4-6,8H2,1-3H3/t9-,11-,12-/m1/s1. The van der Waals surface area contributed by atoms with Crippen LogP contribution in [-0.2, 0) is 0 Å². The van der Waals surface area contributed by atoms with Gasteiger partial charge in [-0.3, -0.25) is 0 Å². The first kappa shape index (κ1) is 9.98. The normalized spacial score (nSPS) is 49.2. The van der Waals surface area contributed by atoms with Gasteiger partial charge in [-0.25, -0.2) is 0 Å². The molecule has 3 atom stereocenters. The smallest absolute Gasteiger partial charge is 0.0838 e. The first-order valence-electron chi connectivity index (χ1n) is 5.47. The molecule has 1 N–H and O–H groups in total. The SMILES string of the molecule is CC1(C)[C@@H]2CC[C@@]1(C)[C@@](O)(CC#N)C2. The lowest BCUT2D eigenvalue weighted by Gasteiger charge is -2.44. The predicted octanol–water partition coefficient (Wildman–Crippen LogP) is 2.48. The molecule has 2 heteroatoms. The summed E-state index contributed by atoms with van der Waals surface area (Å²) < 4.78 is 0. The van der Waals surface area contributed by atoms with Crippen LogP contribution in [0, 0.1) is 28.1 Å². The number of hydrogen-bond acceptors (Lipinski definition) is 2. The number of rotatable bonds is 1. The molecule has 14 heavy (non-hydrogen) atoms. The summed E-state index contributed by atoms with van der Waals surface area (Å²) in [7, 11) is 0. The van der Waals surface area contributed by atoms with Crippen molar-refractivity contribution in [3.8, 4) is 6.07 Å². The third-order valence-corrected chi connectivity index (χ3v) is 5.42. The maximum Gasteiger partial charge on any atom is 0.0838 e. The van der Waals surface area contributed by atoms with E-state index in [9.17, 15) is 5.11 Å². The van der Waals surface area contributed by atoms with Gasteiger partial charge in [0.2, 0.25) is 0 Å². The number of aliphatic hydroxyl groups is 1. The summed E-state index contributed by atoms with van der Waals surface area (Å²) in [5, 5.41) is 19.3. The highest BCUT2D eigenvalue weighted by Gasteiger charge is 2.68. The zero-order valence-electron chi connectivity index (χ0n) is 9.30. The molecule has 0 aromatic carbocycles. The summed E-state index contributed by atoms with van der Waals surface area (Å²) in [6.45, 7) is 6.66. The second-order valence-electron chi connectivity index (χ2n) is 5.86. The lowest BCUT2D eigenvalue weighted by molar-refractivity contribution is -0.0854. The maximum atomic E-state index is 10.6. The van der Waals surface area contributed by atoms with E-state index in [4.69, 9.17) is 5.26 Å². The largest absolute Gasteiger partial charge is 0.388 e. The van der Waals surface area contributed by atoms with Crippen molar-refractivity contribution in [2.75, 3.05) is 0 Å². The highest BCUT2D eigenvalue weighted by atomic mass is 16.3. The molecule has 2 bridgehead atoms. The molecule has 2 aliphatic rings. The second-order valence-corrected chi connectivity index (χ2v) is 5.86. The van der Waals surface area contributed by atoms with Gasteiger partial charge in [0, 0.05) is 5.41 Å². The summed E-state index contributed by atoms with van der Waals surface area (Å²) in [6.07, 6.45) is 3.41. The summed E-state index contributed by atoms with van der Waals surface area (Å²) in [5.74, 6) is 0.603. The molecule has 2 saturated carbocycles. The van der Waals surface area contributed by atoms with Gasteiger partial charge in [0.15, 0.2) is 0 Å². The molecule has 0 spiro atoms. The Morgan fingerprint density at radius 1 is 1.43 bits per heavy atom. The van der Waals surface area contributed by atoms with Crippen molar-refractivity contribution in [1.29, 1.82) is 5.26 Å². The maximum absolute atomic E-state index is 10.6. The van der Waals surface area contributed by atoms with Crippen LogP contribution >= 0.6 is 0 Å². The number of nitriles is 1. The van der Waals surface area contributed by atoms with E-state index in [0.717, 1.165) is 12.8 Å². The van der Waals surface area contributed by atoms with Gasteiger partial charge in [0.1, 0.15) is 0 Å². The topological polar surface area (TPSA) is 44.0 Å². The second kappa shape index (κ2) is 2.52. The Bertz CT molecular complexity index is 304. The van der Waals surface area contributed by atoms with Crippen molar-refractivity contribution >= 4 is 0 Å². The van der Waals surface area contributed by atoms with Gasteiger partial charge in [0.25, 0.3) is 0 Å². The quantitative estimate of drug-likeness (QED) is 0.695. The van der Waals surface area contributed by atoms with Crippen LogP contribution in [0.3, 0.4) is 0 Å². The van der Waals surface area contributed by atoms with Gasteiger partial charge in [0.05, 0.1) is 18.1 Å². The fraction of sp³-hybridized carbons (Fsp3) is 0.917. The van der Waals surface area contributed by atoms with Crippen LogP contribution in [0.1, 0.15) is 46.5 Å². The monoisotopic (exact) mass is 193 g/mol. The molecule has 2 fully saturated rings. The van der Waals surface area contributed by atoms with Gasteiger partial charge >= 0.3 is 0 Å². The van der Waals surface area contributed by atoms with Gasteiger partial charge < -0.3 is 5.11 Å². The van der Waals surface area contributed by atoms with Crippen molar-refractivity contribution in [3.05, 3.63) is 0 Å². The molecule has 2 nitrogen and oxygen atoms in total. The Labute approximate surface area is 85.9 Å². The minimum atomic E-state index is -0.728. The van der Waals surface area contributed by atoms with Crippen LogP contribution < -0.4 is 0 Å². The molecule has 0 saturated heterocycles. The van der Waals surface area contributed by atoms with Crippen LogP contribution in [-0.4, -0.2) is 10.7 Å². The summed E-state index contributed by atoms with van der Waals surface area (Å²) >= 11 is 0. The zero-order chi connectivity index (χ0) is 10.6. The molecule has 0 amide bonds. The Hall–Kier alpha value is -0.550. The molecule has 0 radical (unpaired) electrons. The summed E-state index contributed by atoms with van der Waals surface area (Å²) in [5.41, 5.74) is -0.590. The van der Waals surface area contributed by atoms with Crippen molar-refractivity contribution in [3.63, 3.8) is 0 Å². The molecule has 0 unspecified atom stereocenters. The minimum Gasteiger partial charge on any atom is -0.388 e. The summed E-state index contributed by atoms with van der Waals surface area (Å²) in [4.78, 5) is 0. The third kappa shape index (κ3) is 0.846. The van der Waals surface area contributed by atoms with E-state index < -0.39 is 5.60 Å². The predicted molar refractivity (Wildman–Crippen MR) is 54.4 cm³/mol. The Morgan fingerprint density at radius 3 is 2.43 bits per heavy atom. The van der Waals surface area contributed by atoms with E-state index in [1.165, 1.54) is 6.42 Å². The fourth-order valence-electron chi connectivity index (χ4n) is 3.82. The van der Waals surface area contributed by atoms with E-state index in [-0.39, 0.29) is 10.8 Å². The van der Waals surface area contributed by atoms with Crippen molar-refractivity contribution in [2.24, 2.45) is 16.7 Å². The van der Waals surface area contributed by atoms with Crippen LogP contribution in [0.4, 0.5) is 0 Å². The molecule has 2 rings (SSSR count). The van der Waals surface area contributed by atoms with E-state index in [1.54, 1.807) is 0 Å². The van der Waals surface area contributed by atoms with Crippen molar-refractivity contribution < 1.29 is 5.11 Å². The fourth-order valence-corrected chi connectivity index (χ4v) is 3.82. The average Bonchev–Trinajstić information content (AvgIpc) is 2.36. The third-order valence-electron chi connectivity index (χ3n) is 5.42. The van der Waals surface area contributed by atoms with E-state index in [0.29, 0.717) is 12.3 Å². The molecule has 78 valence electrons. The summed E-state index contributed by atoms with van der Waals surface area (Å²) in [6, 6.07) is 2.15. The Balaban J connectivity index is 2.41. The van der Waals surface area contributed by atoms with E-state index in [1.807, 2.05) is 0 Å². The highest BCUT2D eigenvalue weighted by Crippen LogP contribution is 2.70. The van der Waals surface area contributed by atoms with Crippen molar-refractivity contribution in [2.45, 2.75) is 52.1 Å². The van der Waals surface area contributed by atoms with Gasteiger partial charge in [-0.15, -0.1) is 0 Å². The first-order chi connectivity index (χ1) is 6.37. The molecule has 2 aliphatic carbocycles. The first-order valence-corrected chi connectivity index (χ1v) is 5.47. The van der Waals surface area contributed by atoms with Gasteiger partial charge in [-0.1, -0.05) is 20.8 Å². The van der Waals surface area contributed by atoms with Crippen LogP contribution in [0.15, 0.2) is 0 Å². The minimum absolute atomic E-state index is 0.0552. The molecular formula is C12H19NO. The molecular weight excluding hydrogens is 174 g/mol. The lowest BCUT2D eigenvalue weighted by atomic mass is 9.63. The number of fused-ring (bicyclic) bond motifs is 2. The van der Waals surface area contributed by atoms with Crippen LogP contribution in [0.5, 0.6) is 0 Å². The zero-order valence-corrected chi connectivity index (χ0v) is 9.30. The molecule has 0 aliphatic heterocycles. The van der Waals surface area contributed by atoms with Gasteiger partial charge in [-0.05, 0) is 30.6 Å². The molecule has 0 heterocycles. The highest BCUT2D eigenvalue weighted by molar-refractivity contribution is 5.19. The van der Waals surface area contributed by atoms with E-state index >= 15 is 0 Å². The Kier molecular flexibility index (Phi) is 1.80. The Morgan fingerprint density at radius 2 is 2.07 bits per heavy atom. The average molecular weight is 193 g/mol. The number of hydrogen-bond donors (Lipinski definition) is 1. The van der Waals surface area contributed by atoms with Gasteiger partial charge in [-0.2, -0.15) is 5.26 Å². The van der Waals surface area contributed by atoms with Crippen molar-refractivity contribution in [1.82, 2.24) is 0 Å². The number of nitrogens with zero attached hydrogens (tertiary/aromatic N) is 1. The van der Waals surface area contributed by atoms with Crippen LogP contribution in [0.2, 0.25) is 0 Å². The van der Waals surface area contributed by atoms with E-state index in [2.05, 4.69) is 26.8 Å².